The van der Waals surface area contributed by atoms with Gasteiger partial charge in [0.1, 0.15) is 5.78 Å². The summed E-state index contributed by atoms with van der Waals surface area (Å²) in [4.78, 5) is 11.4. The summed E-state index contributed by atoms with van der Waals surface area (Å²) in [5, 5.41) is 0. The van der Waals surface area contributed by atoms with Crippen molar-refractivity contribution in [3.63, 3.8) is 0 Å². The van der Waals surface area contributed by atoms with Crippen LogP contribution in [0.1, 0.15) is 39.0 Å². The van der Waals surface area contributed by atoms with E-state index in [-0.39, 0.29) is 0 Å². The molecule has 1 unspecified atom stereocenters. The lowest BCUT2D eigenvalue weighted by Gasteiger charge is -2.09. The van der Waals surface area contributed by atoms with Crippen LogP contribution in [0, 0.1) is 11.8 Å². The van der Waals surface area contributed by atoms with Gasteiger partial charge in [0.2, 0.25) is 0 Å². The standard InChI is InChI=1S/C11H20O2/c1-9(7-8-13-2)3-6-11(12)10-4-5-10/h9-10H,3-8H2,1-2H3. The van der Waals surface area contributed by atoms with Crippen LogP contribution in [0.4, 0.5) is 0 Å². The molecule has 0 spiro atoms. The molecule has 1 saturated carbocycles. The molecule has 0 N–H and O–H groups in total. The maximum absolute atomic E-state index is 11.4. The van der Waals surface area contributed by atoms with Crippen molar-refractivity contribution in [2.75, 3.05) is 13.7 Å². The first kappa shape index (κ1) is 10.7. The summed E-state index contributed by atoms with van der Waals surface area (Å²) in [5.74, 6) is 1.56. The average molecular weight is 184 g/mol. The second-order valence-corrected chi connectivity index (χ2v) is 4.17. The van der Waals surface area contributed by atoms with E-state index < -0.39 is 0 Å². The molecule has 1 rings (SSSR count). The van der Waals surface area contributed by atoms with Gasteiger partial charge in [0.15, 0.2) is 0 Å². The Balaban J connectivity index is 1.99. The van der Waals surface area contributed by atoms with Gasteiger partial charge in [-0.05, 0) is 31.6 Å². The maximum Gasteiger partial charge on any atom is 0.135 e. The molecule has 2 nitrogen and oxygen atoms in total. The molecular formula is C11H20O2. The van der Waals surface area contributed by atoms with E-state index in [1.165, 1.54) is 0 Å². The van der Waals surface area contributed by atoms with Crippen molar-refractivity contribution in [1.29, 1.82) is 0 Å². The monoisotopic (exact) mass is 184 g/mol. The Bertz CT molecular complexity index is 161. The fourth-order valence-electron chi connectivity index (χ4n) is 1.46. The first-order chi connectivity index (χ1) is 6.24. The van der Waals surface area contributed by atoms with E-state index >= 15 is 0 Å². The van der Waals surface area contributed by atoms with Crippen LogP contribution in [0.15, 0.2) is 0 Å². The normalized spacial score (nSPS) is 18.6. The summed E-state index contributed by atoms with van der Waals surface area (Å²) in [6.45, 7) is 3.01. The summed E-state index contributed by atoms with van der Waals surface area (Å²) in [5.41, 5.74) is 0. The van der Waals surface area contributed by atoms with E-state index in [1.54, 1.807) is 7.11 Å². The Kier molecular flexibility index (Phi) is 4.43. The average Bonchev–Trinajstić information content (AvgIpc) is 2.93. The van der Waals surface area contributed by atoms with Gasteiger partial charge in [-0.1, -0.05) is 6.92 Å². The van der Waals surface area contributed by atoms with Crippen molar-refractivity contribution in [3.05, 3.63) is 0 Å². The zero-order chi connectivity index (χ0) is 9.68. The molecule has 76 valence electrons. The Morgan fingerprint density at radius 3 is 2.69 bits per heavy atom. The Morgan fingerprint density at radius 2 is 2.15 bits per heavy atom. The number of carbonyl (C=O) groups is 1. The van der Waals surface area contributed by atoms with Crippen LogP contribution in [0.5, 0.6) is 0 Å². The summed E-state index contributed by atoms with van der Waals surface area (Å²) in [7, 11) is 1.72. The van der Waals surface area contributed by atoms with E-state index in [1.807, 2.05) is 0 Å². The molecule has 1 fully saturated rings. The van der Waals surface area contributed by atoms with Crippen molar-refractivity contribution in [1.82, 2.24) is 0 Å². The number of ketones is 1. The van der Waals surface area contributed by atoms with Crippen molar-refractivity contribution in [3.8, 4) is 0 Å². The molecule has 0 bridgehead atoms. The van der Waals surface area contributed by atoms with E-state index in [4.69, 9.17) is 4.74 Å². The molecule has 0 aliphatic heterocycles. The molecule has 1 aliphatic rings. The van der Waals surface area contributed by atoms with Crippen LogP contribution in [0.3, 0.4) is 0 Å². The highest BCUT2D eigenvalue weighted by Gasteiger charge is 2.28. The lowest BCUT2D eigenvalue weighted by molar-refractivity contribution is -0.120. The highest BCUT2D eigenvalue weighted by molar-refractivity contribution is 5.83. The zero-order valence-electron chi connectivity index (χ0n) is 8.71. The van der Waals surface area contributed by atoms with Crippen LogP contribution >= 0.6 is 0 Å². The molecule has 0 heterocycles. The molecule has 0 aromatic carbocycles. The minimum Gasteiger partial charge on any atom is -0.385 e. The van der Waals surface area contributed by atoms with Gasteiger partial charge in [0, 0.05) is 26.1 Å². The molecule has 0 saturated heterocycles. The fourth-order valence-corrected chi connectivity index (χ4v) is 1.46. The lowest BCUT2D eigenvalue weighted by Crippen LogP contribution is -2.05. The van der Waals surface area contributed by atoms with Crippen LogP contribution < -0.4 is 0 Å². The molecule has 0 aromatic heterocycles. The number of methoxy groups -OCH3 is 1. The number of carbonyl (C=O) groups excluding carboxylic acids is 1. The van der Waals surface area contributed by atoms with Gasteiger partial charge in [-0.15, -0.1) is 0 Å². The van der Waals surface area contributed by atoms with Gasteiger partial charge >= 0.3 is 0 Å². The highest BCUT2D eigenvalue weighted by atomic mass is 16.5. The van der Waals surface area contributed by atoms with Crippen LogP contribution in [0.25, 0.3) is 0 Å². The predicted octanol–water partition coefficient (Wildman–Crippen LogP) is 2.42. The SMILES string of the molecule is COCCC(C)CCC(=O)C1CC1. The molecule has 1 aliphatic carbocycles. The third kappa shape index (κ3) is 4.41. The lowest BCUT2D eigenvalue weighted by atomic mass is 9.99. The molecule has 1 atom stereocenters. The first-order valence-electron chi connectivity index (χ1n) is 5.25. The maximum atomic E-state index is 11.4. The summed E-state index contributed by atoms with van der Waals surface area (Å²) in [6.07, 6.45) is 5.19. The number of Topliss-reactive ketones (excluding diaryl/α,β-unsaturated/α-hetero) is 1. The van der Waals surface area contributed by atoms with Crippen molar-refractivity contribution >= 4 is 5.78 Å². The van der Waals surface area contributed by atoms with Gasteiger partial charge in [-0.25, -0.2) is 0 Å². The van der Waals surface area contributed by atoms with Gasteiger partial charge in [-0.3, -0.25) is 4.79 Å². The molecule has 0 radical (unpaired) electrons. The largest absolute Gasteiger partial charge is 0.385 e. The number of hydrogen-bond donors (Lipinski definition) is 0. The van der Waals surface area contributed by atoms with Gasteiger partial charge in [-0.2, -0.15) is 0 Å². The molecule has 0 aromatic rings. The van der Waals surface area contributed by atoms with Crippen molar-refractivity contribution in [2.45, 2.75) is 39.0 Å². The fraction of sp³-hybridized carbons (Fsp3) is 0.909. The van der Waals surface area contributed by atoms with Crippen molar-refractivity contribution < 1.29 is 9.53 Å². The number of ether oxygens (including phenoxy) is 1. The third-order valence-corrected chi connectivity index (χ3v) is 2.73. The molecule has 0 amide bonds. The molecule has 2 heteroatoms. The van der Waals surface area contributed by atoms with E-state index in [9.17, 15) is 4.79 Å². The van der Waals surface area contributed by atoms with Gasteiger partial charge < -0.3 is 4.74 Å². The summed E-state index contributed by atoms with van der Waals surface area (Å²) in [6, 6.07) is 0. The summed E-state index contributed by atoms with van der Waals surface area (Å²) < 4.78 is 4.99. The Labute approximate surface area is 80.7 Å². The minimum atomic E-state index is 0.439. The number of hydrogen-bond acceptors (Lipinski definition) is 2. The van der Waals surface area contributed by atoms with Crippen LogP contribution in [0.2, 0.25) is 0 Å². The second kappa shape index (κ2) is 5.38. The molecular weight excluding hydrogens is 164 g/mol. The Hall–Kier alpha value is -0.370. The third-order valence-electron chi connectivity index (χ3n) is 2.73. The zero-order valence-corrected chi connectivity index (χ0v) is 8.71. The predicted molar refractivity (Wildman–Crippen MR) is 52.6 cm³/mol. The number of rotatable bonds is 7. The van der Waals surface area contributed by atoms with Crippen molar-refractivity contribution in [2.24, 2.45) is 11.8 Å². The van der Waals surface area contributed by atoms with E-state index in [0.717, 1.165) is 38.7 Å². The van der Waals surface area contributed by atoms with Crippen LogP contribution in [-0.2, 0) is 9.53 Å². The smallest absolute Gasteiger partial charge is 0.135 e. The molecule has 13 heavy (non-hydrogen) atoms. The van der Waals surface area contributed by atoms with Gasteiger partial charge in [0.05, 0.1) is 0 Å². The van der Waals surface area contributed by atoms with E-state index in [2.05, 4.69) is 6.92 Å². The highest BCUT2D eigenvalue weighted by Crippen LogP contribution is 2.31. The van der Waals surface area contributed by atoms with Gasteiger partial charge in [0.25, 0.3) is 0 Å². The quantitative estimate of drug-likeness (QED) is 0.607. The topological polar surface area (TPSA) is 26.3 Å². The first-order valence-corrected chi connectivity index (χ1v) is 5.25. The summed E-state index contributed by atoms with van der Waals surface area (Å²) >= 11 is 0. The second-order valence-electron chi connectivity index (χ2n) is 4.17. The van der Waals surface area contributed by atoms with E-state index in [0.29, 0.717) is 17.6 Å². The Morgan fingerprint density at radius 1 is 1.46 bits per heavy atom. The minimum absolute atomic E-state index is 0.439. The van der Waals surface area contributed by atoms with Crippen LogP contribution in [-0.4, -0.2) is 19.5 Å².